The molecule has 4 rings (SSSR count). The van der Waals surface area contributed by atoms with Gasteiger partial charge in [0.25, 0.3) is 5.91 Å². The van der Waals surface area contributed by atoms with Crippen LogP contribution in [0.2, 0.25) is 0 Å². The number of aliphatic hydroxyl groups excluding tert-OH is 1. The zero-order valence-corrected chi connectivity index (χ0v) is 24.7. The molecule has 3 aliphatic rings. The number of carbonyl (C=O) groups excluding carboxylic acids is 3. The largest absolute Gasteiger partial charge is 0.497 e. The Morgan fingerprint density at radius 1 is 1.21 bits per heavy atom. The van der Waals surface area contributed by atoms with Crippen LogP contribution in [0.4, 0.5) is 5.69 Å². The molecule has 2 bridgehead atoms. The van der Waals surface area contributed by atoms with Crippen molar-refractivity contribution in [2.24, 2.45) is 11.8 Å². The maximum absolute atomic E-state index is 14.5. The molecule has 2 amide bonds. The van der Waals surface area contributed by atoms with Crippen molar-refractivity contribution in [1.82, 2.24) is 4.90 Å². The molecule has 3 aliphatic heterocycles. The van der Waals surface area contributed by atoms with Crippen molar-refractivity contribution in [2.45, 2.75) is 53.0 Å². The normalized spacial score (nSPS) is 28.7. The van der Waals surface area contributed by atoms with Crippen LogP contribution in [0.3, 0.4) is 0 Å². The van der Waals surface area contributed by atoms with Gasteiger partial charge in [0.1, 0.15) is 18.4 Å². The van der Waals surface area contributed by atoms with Crippen LogP contribution in [0.5, 0.6) is 5.75 Å². The van der Waals surface area contributed by atoms with Gasteiger partial charge in [0.05, 0.1) is 23.7 Å². The third-order valence-electron chi connectivity index (χ3n) is 7.91. The molecular weight excluding hydrogens is 584 g/mol. The van der Waals surface area contributed by atoms with Crippen LogP contribution in [0.15, 0.2) is 49.6 Å². The summed E-state index contributed by atoms with van der Waals surface area (Å²) >= 11 is 5.37. The highest BCUT2D eigenvalue weighted by Gasteiger charge is 2.76. The molecule has 0 aromatic heterocycles. The van der Waals surface area contributed by atoms with E-state index in [4.69, 9.17) is 14.6 Å². The minimum atomic E-state index is -0.748. The molecule has 3 saturated heterocycles. The number of nitrogens with zero attached hydrogens (tertiary/aromatic N) is 2. The highest BCUT2D eigenvalue weighted by atomic mass is 79.9. The van der Waals surface area contributed by atoms with Crippen LogP contribution in [0, 0.1) is 11.8 Å². The van der Waals surface area contributed by atoms with Crippen molar-refractivity contribution in [2.75, 3.05) is 38.3 Å². The average Bonchev–Trinajstić information content (AvgIpc) is 3.53. The molecule has 0 saturated carbocycles. The molecule has 3 fully saturated rings. The molecule has 0 radical (unpaired) electrons. The Morgan fingerprint density at radius 3 is 2.56 bits per heavy atom. The van der Waals surface area contributed by atoms with Crippen LogP contribution >= 0.6 is 27.7 Å². The summed E-state index contributed by atoms with van der Waals surface area (Å²) < 4.78 is 10.0. The number of unbranched alkanes of at least 4 members (excludes halogenated alkanes) is 3. The number of ether oxygens (including phenoxy) is 2. The second-order valence-electron chi connectivity index (χ2n) is 10.2. The molecule has 6 atom stereocenters. The minimum absolute atomic E-state index is 0.0264. The number of thioether (sulfide) groups is 1. The first kappa shape index (κ1) is 29.7. The summed E-state index contributed by atoms with van der Waals surface area (Å²) in [6, 6.07) is 6.52. The number of hydrogen-bond donors (Lipinski definition) is 1. The number of esters is 1. The molecular formula is C29H37BrN2O6S. The number of benzene rings is 1. The quantitative estimate of drug-likeness (QED) is 0.146. The van der Waals surface area contributed by atoms with E-state index in [2.05, 4.69) is 29.1 Å². The Morgan fingerprint density at radius 2 is 1.92 bits per heavy atom. The van der Waals surface area contributed by atoms with Gasteiger partial charge in [0.15, 0.2) is 0 Å². The van der Waals surface area contributed by atoms with Crippen molar-refractivity contribution in [3.8, 4) is 5.75 Å². The Hall–Kier alpha value is -2.30. The van der Waals surface area contributed by atoms with Crippen molar-refractivity contribution >= 4 is 51.2 Å². The van der Waals surface area contributed by atoms with E-state index in [9.17, 15) is 14.4 Å². The molecule has 3 unspecified atom stereocenters. The summed E-state index contributed by atoms with van der Waals surface area (Å²) in [5, 5.41) is 8.99. The van der Waals surface area contributed by atoms with Gasteiger partial charge in [0, 0.05) is 35.5 Å². The number of likely N-dealkylation sites (tertiary alicyclic amines) is 1. The summed E-state index contributed by atoms with van der Waals surface area (Å²) in [4.78, 5) is 45.2. The van der Waals surface area contributed by atoms with Gasteiger partial charge < -0.3 is 24.4 Å². The van der Waals surface area contributed by atoms with E-state index in [-0.39, 0.29) is 41.6 Å². The van der Waals surface area contributed by atoms with E-state index in [1.807, 2.05) is 12.1 Å². The topological polar surface area (TPSA) is 96.4 Å². The number of amides is 2. The molecule has 1 aromatic carbocycles. The molecule has 1 aromatic rings. The van der Waals surface area contributed by atoms with E-state index in [0.717, 1.165) is 12.8 Å². The number of halogens is 1. The summed E-state index contributed by atoms with van der Waals surface area (Å²) in [7, 11) is 1.59. The molecule has 3 heterocycles. The highest BCUT2D eigenvalue weighted by Crippen LogP contribution is 2.68. The molecule has 1 spiro atoms. The van der Waals surface area contributed by atoms with E-state index in [1.54, 1.807) is 46.9 Å². The van der Waals surface area contributed by atoms with Crippen LogP contribution < -0.4 is 9.64 Å². The Bertz CT molecular complexity index is 1080. The number of hydrogen-bond acceptors (Lipinski definition) is 7. The summed E-state index contributed by atoms with van der Waals surface area (Å²) in [6.45, 7) is 8.40. The molecule has 8 nitrogen and oxygen atoms in total. The Kier molecular flexibility index (Phi) is 9.82. The number of anilines is 1. The highest BCUT2D eigenvalue weighted by molar-refractivity contribution is 9.09. The van der Waals surface area contributed by atoms with Gasteiger partial charge in [-0.1, -0.05) is 47.5 Å². The van der Waals surface area contributed by atoms with Crippen molar-refractivity contribution in [3.05, 3.63) is 49.6 Å². The number of aliphatic hydroxyl groups is 1. The van der Waals surface area contributed by atoms with Gasteiger partial charge in [-0.15, -0.1) is 18.3 Å². The Balaban J connectivity index is 1.71. The zero-order chi connectivity index (χ0) is 28.2. The molecule has 39 heavy (non-hydrogen) atoms. The average molecular weight is 622 g/mol. The first-order chi connectivity index (χ1) is 18.8. The SMILES string of the molecule is C=CCOC(=O)[C@H]1[C@@H]2SC3(CC2Br)C(C(=O)N(CC=C)c2ccc(OC)cc2)N(CCCCCCO)C(=O)[C@H]13. The van der Waals surface area contributed by atoms with Gasteiger partial charge in [-0.25, -0.2) is 0 Å². The Labute approximate surface area is 242 Å². The van der Waals surface area contributed by atoms with E-state index < -0.39 is 28.6 Å². The van der Waals surface area contributed by atoms with Crippen LogP contribution in [0.1, 0.15) is 32.1 Å². The monoisotopic (exact) mass is 620 g/mol. The smallest absolute Gasteiger partial charge is 0.311 e. The fourth-order valence-corrected chi connectivity index (χ4v) is 9.86. The lowest BCUT2D eigenvalue weighted by atomic mass is 9.71. The fourth-order valence-electron chi connectivity index (χ4n) is 6.26. The van der Waals surface area contributed by atoms with Crippen molar-refractivity contribution in [3.63, 3.8) is 0 Å². The van der Waals surface area contributed by atoms with E-state index in [0.29, 0.717) is 37.2 Å². The van der Waals surface area contributed by atoms with Crippen molar-refractivity contribution in [1.29, 1.82) is 0 Å². The lowest BCUT2D eigenvalue weighted by Gasteiger charge is -2.37. The van der Waals surface area contributed by atoms with Crippen LogP contribution in [0.25, 0.3) is 0 Å². The summed E-state index contributed by atoms with van der Waals surface area (Å²) in [6.07, 6.45) is 6.88. The third-order valence-corrected chi connectivity index (χ3v) is 11.1. The number of alkyl halides is 1. The van der Waals surface area contributed by atoms with Crippen LogP contribution in [-0.2, 0) is 19.1 Å². The fraction of sp³-hybridized carbons (Fsp3) is 0.552. The molecule has 10 heteroatoms. The second kappa shape index (κ2) is 12.9. The number of carbonyl (C=O) groups is 3. The first-order valence-corrected chi connectivity index (χ1v) is 15.2. The lowest BCUT2D eigenvalue weighted by Crippen LogP contribution is -2.55. The lowest BCUT2D eigenvalue weighted by molar-refractivity contribution is -0.153. The molecule has 0 aliphatic carbocycles. The van der Waals surface area contributed by atoms with Gasteiger partial charge >= 0.3 is 5.97 Å². The first-order valence-electron chi connectivity index (χ1n) is 13.4. The summed E-state index contributed by atoms with van der Waals surface area (Å²) in [5.41, 5.74) is 0.686. The van der Waals surface area contributed by atoms with E-state index >= 15 is 0 Å². The number of rotatable bonds is 14. The van der Waals surface area contributed by atoms with Gasteiger partial charge in [0.2, 0.25) is 5.91 Å². The van der Waals surface area contributed by atoms with Gasteiger partial charge in [-0.05, 0) is 43.5 Å². The van der Waals surface area contributed by atoms with Gasteiger partial charge in [-0.3, -0.25) is 14.4 Å². The predicted octanol–water partition coefficient (Wildman–Crippen LogP) is 3.96. The predicted molar refractivity (Wildman–Crippen MR) is 156 cm³/mol. The summed E-state index contributed by atoms with van der Waals surface area (Å²) in [5.74, 6) is -1.34. The number of fused-ring (bicyclic) bond motifs is 1. The zero-order valence-electron chi connectivity index (χ0n) is 22.3. The minimum Gasteiger partial charge on any atom is -0.497 e. The maximum atomic E-state index is 14.5. The van der Waals surface area contributed by atoms with Gasteiger partial charge in [-0.2, -0.15) is 0 Å². The second-order valence-corrected chi connectivity index (χ2v) is 12.9. The number of methoxy groups -OCH3 is 1. The van der Waals surface area contributed by atoms with Crippen molar-refractivity contribution < 1.29 is 29.0 Å². The molecule has 212 valence electrons. The standard InChI is InChI=1S/C29H37BrN2O6S/c1-4-14-31(19-10-12-20(37-3)13-11-19)27(35)25-29-18-21(30)24(39-29)22(28(36)38-17-5-2)23(29)26(34)32(25)15-8-6-7-9-16-33/h4-5,10-13,21-25,33H,1-2,6-9,14-18H2,3H3/t21?,22-,23+,24-,25?,29?/m1/s1. The van der Waals surface area contributed by atoms with Crippen LogP contribution in [-0.4, -0.2) is 82.1 Å². The van der Waals surface area contributed by atoms with E-state index in [1.165, 1.54) is 6.08 Å². The molecule has 1 N–H and O–H groups in total. The third kappa shape index (κ3) is 5.52. The maximum Gasteiger partial charge on any atom is 0.311 e.